The SMILES string of the molecule is CCC(O)CNC(=O)c1ccccc1NC(C)C. The van der Waals surface area contributed by atoms with E-state index in [4.69, 9.17) is 0 Å². The minimum atomic E-state index is -0.487. The molecule has 0 aliphatic heterocycles. The van der Waals surface area contributed by atoms with Gasteiger partial charge in [0.25, 0.3) is 5.91 Å². The number of aliphatic hydroxyl groups is 1. The molecule has 18 heavy (non-hydrogen) atoms. The zero-order valence-electron chi connectivity index (χ0n) is 11.2. The molecule has 0 bridgehead atoms. The minimum absolute atomic E-state index is 0.161. The van der Waals surface area contributed by atoms with Crippen LogP contribution in [0, 0.1) is 0 Å². The first-order chi connectivity index (χ1) is 8.54. The summed E-state index contributed by atoms with van der Waals surface area (Å²) in [6.07, 6.45) is 0.144. The van der Waals surface area contributed by atoms with E-state index in [1.54, 1.807) is 6.07 Å². The predicted octanol–water partition coefficient (Wildman–Crippen LogP) is 2.01. The second kappa shape index (κ2) is 7.01. The van der Waals surface area contributed by atoms with Crippen molar-refractivity contribution in [2.45, 2.75) is 39.3 Å². The third-order valence-electron chi connectivity index (χ3n) is 2.59. The molecule has 0 radical (unpaired) electrons. The highest BCUT2D eigenvalue weighted by Crippen LogP contribution is 2.15. The molecule has 1 aromatic carbocycles. The number of hydrogen-bond acceptors (Lipinski definition) is 3. The van der Waals surface area contributed by atoms with E-state index in [2.05, 4.69) is 10.6 Å². The van der Waals surface area contributed by atoms with Crippen LogP contribution in [0.25, 0.3) is 0 Å². The molecule has 4 heteroatoms. The van der Waals surface area contributed by atoms with Crippen LogP contribution in [0.15, 0.2) is 24.3 Å². The number of carbonyl (C=O) groups excluding carboxylic acids is 1. The van der Waals surface area contributed by atoms with Crippen LogP contribution in [0.3, 0.4) is 0 Å². The molecule has 0 spiro atoms. The van der Waals surface area contributed by atoms with Crippen LogP contribution in [0.2, 0.25) is 0 Å². The highest BCUT2D eigenvalue weighted by Gasteiger charge is 2.12. The van der Waals surface area contributed by atoms with Crippen molar-refractivity contribution in [3.8, 4) is 0 Å². The first-order valence-corrected chi connectivity index (χ1v) is 6.36. The van der Waals surface area contributed by atoms with Crippen LogP contribution in [0.4, 0.5) is 5.69 Å². The number of amides is 1. The molecule has 100 valence electrons. The first-order valence-electron chi connectivity index (χ1n) is 6.36. The molecule has 3 N–H and O–H groups in total. The van der Waals surface area contributed by atoms with Crippen LogP contribution in [-0.2, 0) is 0 Å². The Labute approximate surface area is 108 Å². The third kappa shape index (κ3) is 4.37. The number of anilines is 1. The number of nitrogens with one attached hydrogen (secondary N) is 2. The van der Waals surface area contributed by atoms with Crippen molar-refractivity contribution < 1.29 is 9.90 Å². The Hall–Kier alpha value is -1.55. The normalized spacial score (nSPS) is 12.3. The van der Waals surface area contributed by atoms with Gasteiger partial charge < -0.3 is 15.7 Å². The number of rotatable bonds is 6. The summed E-state index contributed by atoms with van der Waals surface area (Å²) < 4.78 is 0. The monoisotopic (exact) mass is 250 g/mol. The van der Waals surface area contributed by atoms with Crippen LogP contribution >= 0.6 is 0 Å². The molecular formula is C14H22N2O2. The largest absolute Gasteiger partial charge is 0.391 e. The van der Waals surface area contributed by atoms with E-state index >= 15 is 0 Å². The van der Waals surface area contributed by atoms with Gasteiger partial charge in [0.1, 0.15) is 0 Å². The molecule has 0 aliphatic carbocycles. The van der Waals surface area contributed by atoms with Crippen molar-refractivity contribution in [2.75, 3.05) is 11.9 Å². The molecule has 0 saturated carbocycles. The van der Waals surface area contributed by atoms with Gasteiger partial charge in [-0.15, -0.1) is 0 Å². The van der Waals surface area contributed by atoms with Crippen LogP contribution in [0.5, 0.6) is 0 Å². The van der Waals surface area contributed by atoms with Crippen molar-refractivity contribution in [2.24, 2.45) is 0 Å². The molecule has 1 amide bonds. The quantitative estimate of drug-likeness (QED) is 0.723. The maximum atomic E-state index is 12.0. The molecule has 1 aromatic rings. The molecule has 0 aliphatic rings. The maximum absolute atomic E-state index is 12.0. The van der Waals surface area contributed by atoms with E-state index in [0.717, 1.165) is 5.69 Å². The second-order valence-electron chi connectivity index (χ2n) is 4.62. The van der Waals surface area contributed by atoms with Crippen molar-refractivity contribution in [1.82, 2.24) is 5.32 Å². The van der Waals surface area contributed by atoms with Crippen molar-refractivity contribution in [3.63, 3.8) is 0 Å². The lowest BCUT2D eigenvalue weighted by Gasteiger charge is -2.15. The van der Waals surface area contributed by atoms with Gasteiger partial charge in [-0.1, -0.05) is 19.1 Å². The zero-order chi connectivity index (χ0) is 13.5. The molecule has 0 fully saturated rings. The average Bonchev–Trinajstić information content (AvgIpc) is 2.35. The highest BCUT2D eigenvalue weighted by atomic mass is 16.3. The Kier molecular flexibility index (Phi) is 5.65. The molecule has 4 nitrogen and oxygen atoms in total. The first kappa shape index (κ1) is 14.5. The number of benzene rings is 1. The number of aliphatic hydroxyl groups excluding tert-OH is 1. The van der Waals surface area contributed by atoms with Gasteiger partial charge in [0.05, 0.1) is 11.7 Å². The van der Waals surface area contributed by atoms with Gasteiger partial charge in [-0.25, -0.2) is 0 Å². The highest BCUT2D eigenvalue weighted by molar-refractivity contribution is 5.99. The molecular weight excluding hydrogens is 228 g/mol. The Bertz CT molecular complexity index is 391. The van der Waals surface area contributed by atoms with Gasteiger partial charge in [-0.2, -0.15) is 0 Å². The molecule has 0 aromatic heterocycles. The lowest BCUT2D eigenvalue weighted by Crippen LogP contribution is -2.32. The van der Waals surface area contributed by atoms with Crippen LogP contribution in [0.1, 0.15) is 37.6 Å². The fraction of sp³-hybridized carbons (Fsp3) is 0.500. The fourth-order valence-corrected chi connectivity index (χ4v) is 1.57. The topological polar surface area (TPSA) is 61.4 Å². The summed E-state index contributed by atoms with van der Waals surface area (Å²) in [5.74, 6) is -0.161. The number of para-hydroxylation sites is 1. The number of carbonyl (C=O) groups is 1. The average molecular weight is 250 g/mol. The van der Waals surface area contributed by atoms with Gasteiger partial charge >= 0.3 is 0 Å². The van der Waals surface area contributed by atoms with E-state index in [9.17, 15) is 9.90 Å². The molecule has 1 rings (SSSR count). The molecule has 0 heterocycles. The summed E-state index contributed by atoms with van der Waals surface area (Å²) >= 11 is 0. The molecule has 1 unspecified atom stereocenters. The Morgan fingerprint density at radius 3 is 2.61 bits per heavy atom. The predicted molar refractivity (Wildman–Crippen MR) is 73.8 cm³/mol. The molecule has 0 saturated heterocycles. The van der Waals surface area contributed by atoms with Crippen LogP contribution in [-0.4, -0.2) is 29.7 Å². The number of hydrogen-bond donors (Lipinski definition) is 3. The van der Waals surface area contributed by atoms with Crippen molar-refractivity contribution in [1.29, 1.82) is 0 Å². The lowest BCUT2D eigenvalue weighted by molar-refractivity contribution is 0.0914. The smallest absolute Gasteiger partial charge is 0.253 e. The van der Waals surface area contributed by atoms with Gasteiger partial charge in [0.2, 0.25) is 0 Å². The lowest BCUT2D eigenvalue weighted by atomic mass is 10.1. The van der Waals surface area contributed by atoms with Gasteiger partial charge in [0.15, 0.2) is 0 Å². The van der Waals surface area contributed by atoms with E-state index in [-0.39, 0.29) is 18.5 Å². The van der Waals surface area contributed by atoms with E-state index in [0.29, 0.717) is 12.0 Å². The minimum Gasteiger partial charge on any atom is -0.391 e. The fourth-order valence-electron chi connectivity index (χ4n) is 1.57. The Morgan fingerprint density at radius 2 is 2.00 bits per heavy atom. The Balaban J connectivity index is 2.72. The van der Waals surface area contributed by atoms with Gasteiger partial charge in [-0.3, -0.25) is 4.79 Å². The van der Waals surface area contributed by atoms with E-state index in [1.807, 2.05) is 39.0 Å². The zero-order valence-corrected chi connectivity index (χ0v) is 11.2. The Morgan fingerprint density at radius 1 is 1.33 bits per heavy atom. The summed E-state index contributed by atoms with van der Waals surface area (Å²) in [4.78, 5) is 12.0. The standard InChI is InChI=1S/C14H22N2O2/c1-4-11(17)9-15-14(18)12-7-5-6-8-13(12)16-10(2)3/h5-8,10-11,16-17H,4,9H2,1-3H3,(H,15,18). The second-order valence-corrected chi connectivity index (χ2v) is 4.62. The van der Waals surface area contributed by atoms with Crippen molar-refractivity contribution in [3.05, 3.63) is 29.8 Å². The van der Waals surface area contributed by atoms with Gasteiger partial charge in [0, 0.05) is 18.3 Å². The van der Waals surface area contributed by atoms with E-state index in [1.165, 1.54) is 0 Å². The summed E-state index contributed by atoms with van der Waals surface area (Å²) in [6, 6.07) is 7.64. The summed E-state index contributed by atoms with van der Waals surface area (Å²) in [5.41, 5.74) is 1.42. The van der Waals surface area contributed by atoms with Gasteiger partial charge in [-0.05, 0) is 32.4 Å². The summed E-state index contributed by atoms with van der Waals surface area (Å²) in [7, 11) is 0. The summed E-state index contributed by atoms with van der Waals surface area (Å²) in [6.45, 7) is 6.21. The maximum Gasteiger partial charge on any atom is 0.253 e. The van der Waals surface area contributed by atoms with Crippen molar-refractivity contribution >= 4 is 11.6 Å². The molecule has 1 atom stereocenters. The third-order valence-corrected chi connectivity index (χ3v) is 2.59. The van der Waals surface area contributed by atoms with E-state index < -0.39 is 6.10 Å². The summed E-state index contributed by atoms with van der Waals surface area (Å²) in [5, 5.41) is 15.4. The van der Waals surface area contributed by atoms with Crippen LogP contribution < -0.4 is 10.6 Å².